The fourth-order valence-electron chi connectivity index (χ4n) is 2.53. The number of carbonyl (C=O) groups is 1. The Morgan fingerprint density at radius 3 is 2.64 bits per heavy atom. The number of hydrogen-bond acceptors (Lipinski definition) is 4. The number of piperazine rings is 1. The van der Waals surface area contributed by atoms with E-state index in [9.17, 15) is 4.79 Å². The van der Waals surface area contributed by atoms with Crippen molar-refractivity contribution in [3.8, 4) is 0 Å². The third-order valence-electron chi connectivity index (χ3n) is 3.62. The zero-order valence-electron chi connectivity index (χ0n) is 14.0. The minimum absolute atomic E-state index is 0.224. The minimum atomic E-state index is -0.448. The average molecular weight is 373 g/mol. The molecule has 0 bridgehead atoms. The SMILES string of the molecule is CC1CN(C(=O)OC(C)(C)C)CCN1Cc1nn(C)cc1Br. The number of amides is 1. The van der Waals surface area contributed by atoms with Crippen molar-refractivity contribution < 1.29 is 9.53 Å². The van der Waals surface area contributed by atoms with Crippen LogP contribution in [-0.2, 0) is 18.3 Å². The van der Waals surface area contributed by atoms with Crippen molar-refractivity contribution in [1.82, 2.24) is 19.6 Å². The molecule has 1 aromatic heterocycles. The number of hydrogen-bond donors (Lipinski definition) is 0. The number of nitrogens with zero attached hydrogens (tertiary/aromatic N) is 4. The standard InChI is InChI=1S/C15H25BrN4O2/c1-11-8-20(14(21)22-15(2,3)4)7-6-19(11)10-13-12(16)9-18(5)17-13/h9,11H,6-8,10H2,1-5H3. The van der Waals surface area contributed by atoms with Gasteiger partial charge in [0.1, 0.15) is 5.60 Å². The molecular formula is C15H25BrN4O2. The fraction of sp³-hybridized carbons (Fsp3) is 0.733. The monoisotopic (exact) mass is 372 g/mol. The summed E-state index contributed by atoms with van der Waals surface area (Å²) < 4.78 is 8.28. The Morgan fingerprint density at radius 1 is 1.45 bits per heavy atom. The Morgan fingerprint density at radius 2 is 2.14 bits per heavy atom. The predicted molar refractivity (Wildman–Crippen MR) is 88.6 cm³/mol. The van der Waals surface area contributed by atoms with Crippen LogP contribution in [0.4, 0.5) is 4.79 Å². The van der Waals surface area contributed by atoms with Crippen molar-refractivity contribution in [3.63, 3.8) is 0 Å². The van der Waals surface area contributed by atoms with Crippen molar-refractivity contribution in [1.29, 1.82) is 0 Å². The summed E-state index contributed by atoms with van der Waals surface area (Å²) in [4.78, 5) is 16.3. The predicted octanol–water partition coefficient (Wildman–Crippen LogP) is 2.62. The number of aromatic nitrogens is 2. The Hall–Kier alpha value is -1.08. The van der Waals surface area contributed by atoms with Crippen LogP contribution in [0.25, 0.3) is 0 Å². The maximum atomic E-state index is 12.1. The molecule has 0 radical (unpaired) electrons. The van der Waals surface area contributed by atoms with Crippen LogP contribution in [0.3, 0.4) is 0 Å². The molecule has 1 saturated heterocycles. The van der Waals surface area contributed by atoms with Gasteiger partial charge in [-0.2, -0.15) is 5.10 Å². The summed E-state index contributed by atoms with van der Waals surface area (Å²) >= 11 is 3.54. The summed E-state index contributed by atoms with van der Waals surface area (Å²) in [5.74, 6) is 0. The maximum absolute atomic E-state index is 12.1. The first-order valence-corrected chi connectivity index (χ1v) is 8.35. The lowest BCUT2D eigenvalue weighted by Gasteiger charge is -2.39. The first-order chi connectivity index (χ1) is 10.2. The molecule has 22 heavy (non-hydrogen) atoms. The largest absolute Gasteiger partial charge is 0.444 e. The van der Waals surface area contributed by atoms with Gasteiger partial charge in [-0.05, 0) is 43.6 Å². The zero-order chi connectivity index (χ0) is 16.5. The van der Waals surface area contributed by atoms with Crippen LogP contribution in [0.15, 0.2) is 10.7 Å². The van der Waals surface area contributed by atoms with Crippen molar-refractivity contribution in [2.75, 3.05) is 19.6 Å². The van der Waals surface area contributed by atoms with Gasteiger partial charge in [-0.1, -0.05) is 0 Å². The minimum Gasteiger partial charge on any atom is -0.444 e. The van der Waals surface area contributed by atoms with Gasteiger partial charge in [0.05, 0.1) is 10.2 Å². The van der Waals surface area contributed by atoms with Crippen LogP contribution in [0.1, 0.15) is 33.4 Å². The second kappa shape index (κ2) is 6.58. The number of carbonyl (C=O) groups excluding carboxylic acids is 1. The van der Waals surface area contributed by atoms with Crippen molar-refractivity contribution in [2.45, 2.75) is 45.9 Å². The highest BCUT2D eigenvalue weighted by Gasteiger charge is 2.30. The molecule has 1 aliphatic rings. The normalized spacial score (nSPS) is 20.3. The second-order valence-corrected chi connectivity index (χ2v) is 7.70. The van der Waals surface area contributed by atoms with Crippen LogP contribution in [0.2, 0.25) is 0 Å². The van der Waals surface area contributed by atoms with Crippen LogP contribution < -0.4 is 0 Å². The highest BCUT2D eigenvalue weighted by molar-refractivity contribution is 9.10. The van der Waals surface area contributed by atoms with Gasteiger partial charge in [-0.25, -0.2) is 4.79 Å². The van der Waals surface area contributed by atoms with Crippen LogP contribution in [-0.4, -0.2) is 57.0 Å². The van der Waals surface area contributed by atoms with Gasteiger partial charge >= 0.3 is 6.09 Å². The number of aryl methyl sites for hydroxylation is 1. The molecule has 2 rings (SSSR count). The lowest BCUT2D eigenvalue weighted by molar-refractivity contribution is 0.00440. The number of halogens is 1. The molecule has 1 fully saturated rings. The van der Waals surface area contributed by atoms with E-state index in [1.165, 1.54) is 0 Å². The Bertz CT molecular complexity index is 538. The van der Waals surface area contributed by atoms with Gasteiger partial charge in [0.15, 0.2) is 0 Å². The van der Waals surface area contributed by atoms with E-state index in [-0.39, 0.29) is 12.1 Å². The molecule has 124 valence electrons. The van der Waals surface area contributed by atoms with Crippen LogP contribution in [0, 0.1) is 0 Å². The molecule has 1 aromatic rings. The molecule has 1 aliphatic heterocycles. The molecule has 1 unspecified atom stereocenters. The maximum Gasteiger partial charge on any atom is 0.410 e. The first kappa shape index (κ1) is 17.3. The summed E-state index contributed by atoms with van der Waals surface area (Å²) in [7, 11) is 1.91. The summed E-state index contributed by atoms with van der Waals surface area (Å²) in [6, 6.07) is 0.273. The molecule has 0 saturated carbocycles. The van der Waals surface area contributed by atoms with E-state index in [1.54, 1.807) is 9.58 Å². The van der Waals surface area contributed by atoms with E-state index in [4.69, 9.17) is 4.74 Å². The quantitative estimate of drug-likeness (QED) is 0.800. The van der Waals surface area contributed by atoms with Crippen molar-refractivity contribution in [3.05, 3.63) is 16.4 Å². The smallest absolute Gasteiger partial charge is 0.410 e. The Kier molecular flexibility index (Phi) is 5.17. The second-order valence-electron chi connectivity index (χ2n) is 6.84. The molecule has 1 amide bonds. The molecule has 2 heterocycles. The van der Waals surface area contributed by atoms with Crippen molar-refractivity contribution >= 4 is 22.0 Å². The van der Waals surface area contributed by atoms with E-state index in [0.717, 1.165) is 23.3 Å². The fourth-order valence-corrected chi connectivity index (χ4v) is 3.03. The van der Waals surface area contributed by atoms with Gasteiger partial charge < -0.3 is 9.64 Å². The van der Waals surface area contributed by atoms with Gasteiger partial charge in [0, 0.05) is 45.5 Å². The zero-order valence-corrected chi connectivity index (χ0v) is 15.6. The third kappa shape index (κ3) is 4.46. The molecule has 0 aromatic carbocycles. The molecule has 7 heteroatoms. The first-order valence-electron chi connectivity index (χ1n) is 7.55. The lowest BCUT2D eigenvalue weighted by atomic mass is 10.2. The number of ether oxygens (including phenoxy) is 1. The topological polar surface area (TPSA) is 50.6 Å². The highest BCUT2D eigenvalue weighted by Crippen LogP contribution is 2.20. The Labute approximate surface area is 140 Å². The van der Waals surface area contributed by atoms with Crippen LogP contribution in [0.5, 0.6) is 0 Å². The van der Waals surface area contributed by atoms with Gasteiger partial charge in [-0.3, -0.25) is 9.58 Å². The molecular weight excluding hydrogens is 348 g/mol. The molecule has 6 nitrogen and oxygen atoms in total. The summed E-state index contributed by atoms with van der Waals surface area (Å²) in [5.41, 5.74) is 0.580. The lowest BCUT2D eigenvalue weighted by Crippen LogP contribution is -2.54. The van der Waals surface area contributed by atoms with Crippen LogP contribution >= 0.6 is 15.9 Å². The molecule has 0 spiro atoms. The molecule has 0 N–H and O–H groups in total. The van der Waals surface area contributed by atoms with E-state index in [0.29, 0.717) is 13.1 Å². The van der Waals surface area contributed by atoms with Gasteiger partial charge in [-0.15, -0.1) is 0 Å². The van der Waals surface area contributed by atoms with Crippen molar-refractivity contribution in [2.24, 2.45) is 7.05 Å². The van der Waals surface area contributed by atoms with Gasteiger partial charge in [0.25, 0.3) is 0 Å². The van der Waals surface area contributed by atoms with E-state index < -0.39 is 5.60 Å². The van der Waals surface area contributed by atoms with E-state index in [2.05, 4.69) is 32.9 Å². The Balaban J connectivity index is 1.93. The average Bonchev–Trinajstić information content (AvgIpc) is 2.68. The van der Waals surface area contributed by atoms with E-state index >= 15 is 0 Å². The molecule has 0 aliphatic carbocycles. The third-order valence-corrected chi connectivity index (χ3v) is 4.29. The molecule has 1 atom stereocenters. The van der Waals surface area contributed by atoms with E-state index in [1.807, 2.05) is 34.0 Å². The number of rotatable bonds is 2. The summed E-state index contributed by atoms with van der Waals surface area (Å²) in [5, 5.41) is 4.46. The summed E-state index contributed by atoms with van der Waals surface area (Å²) in [6.07, 6.45) is 1.73. The van der Waals surface area contributed by atoms with Gasteiger partial charge in [0.2, 0.25) is 0 Å². The highest BCUT2D eigenvalue weighted by atomic mass is 79.9. The summed E-state index contributed by atoms with van der Waals surface area (Å²) in [6.45, 7) is 10.8.